The zero-order chi connectivity index (χ0) is 22.9. The largest absolute Gasteiger partial charge is 0.497 e. The van der Waals surface area contributed by atoms with E-state index in [0.717, 1.165) is 28.1 Å². The number of ether oxygens (including phenoxy) is 4. The maximum absolute atomic E-state index is 11.9. The molecule has 3 aromatic carbocycles. The molecule has 0 saturated carbocycles. The Hall–Kier alpha value is -3.97. The fourth-order valence-electron chi connectivity index (χ4n) is 4.21. The quantitative estimate of drug-likeness (QED) is 0.582. The smallest absolute Gasteiger partial charge is 0.337 e. The molecule has 168 valence electrons. The van der Waals surface area contributed by atoms with Gasteiger partial charge >= 0.3 is 5.97 Å². The van der Waals surface area contributed by atoms with E-state index < -0.39 is 6.23 Å². The lowest BCUT2D eigenvalue weighted by molar-refractivity contribution is -0.0343. The summed E-state index contributed by atoms with van der Waals surface area (Å²) >= 11 is 0. The summed E-state index contributed by atoms with van der Waals surface area (Å²) in [5.74, 6) is 1.81. The van der Waals surface area contributed by atoms with E-state index in [1.54, 1.807) is 26.4 Å². The molecule has 0 bridgehead atoms. The molecule has 0 amide bonds. The number of hydrogen-bond donors (Lipinski definition) is 1. The van der Waals surface area contributed by atoms with Crippen molar-refractivity contribution in [1.82, 2.24) is 10.4 Å². The first-order chi connectivity index (χ1) is 16.1. The van der Waals surface area contributed by atoms with Crippen molar-refractivity contribution in [2.24, 2.45) is 0 Å². The molecule has 3 aromatic rings. The number of carbonyl (C=O) groups is 1. The van der Waals surface area contributed by atoms with Crippen molar-refractivity contribution in [3.63, 3.8) is 0 Å². The Labute approximate surface area is 192 Å². The van der Waals surface area contributed by atoms with Crippen molar-refractivity contribution in [2.45, 2.75) is 12.3 Å². The molecule has 0 spiro atoms. The average molecular weight is 444 g/mol. The number of rotatable bonds is 5. The number of nitrogens with zero attached hydrogens (tertiary/aromatic N) is 1. The van der Waals surface area contributed by atoms with Gasteiger partial charge in [-0.25, -0.2) is 4.79 Å². The maximum atomic E-state index is 11.9. The van der Waals surface area contributed by atoms with Crippen LogP contribution in [0.4, 0.5) is 0 Å². The summed E-state index contributed by atoms with van der Waals surface area (Å²) in [6.45, 7) is 0. The zero-order valence-electron chi connectivity index (χ0n) is 18.6. The van der Waals surface area contributed by atoms with Gasteiger partial charge in [-0.1, -0.05) is 24.3 Å². The lowest BCUT2D eigenvalue weighted by Gasteiger charge is -2.39. The first-order valence-electron chi connectivity index (χ1n) is 10.6. The topological polar surface area (TPSA) is 69.3 Å². The molecule has 7 nitrogen and oxygen atoms in total. The van der Waals surface area contributed by atoms with E-state index in [2.05, 4.69) is 16.5 Å². The molecule has 2 unspecified atom stereocenters. The molecule has 0 fully saturated rings. The number of hydrazine groups is 1. The first kappa shape index (κ1) is 20.9. The zero-order valence-corrected chi connectivity index (χ0v) is 18.6. The van der Waals surface area contributed by atoms with Crippen LogP contribution in [0.25, 0.3) is 5.70 Å². The van der Waals surface area contributed by atoms with Gasteiger partial charge in [-0.05, 0) is 54.1 Å². The molecular formula is C26H24N2O5. The molecule has 0 aromatic heterocycles. The molecular weight excluding hydrogens is 420 g/mol. The highest BCUT2D eigenvalue weighted by molar-refractivity contribution is 5.89. The Morgan fingerprint density at radius 2 is 1.70 bits per heavy atom. The summed E-state index contributed by atoms with van der Waals surface area (Å²) in [7, 11) is 4.66. The normalized spacial score (nSPS) is 18.8. The Balaban J connectivity index is 1.55. The van der Waals surface area contributed by atoms with Crippen LogP contribution in [0.1, 0.15) is 39.3 Å². The molecule has 1 N–H and O–H groups in total. The second-order valence-electron chi connectivity index (χ2n) is 7.74. The molecule has 33 heavy (non-hydrogen) atoms. The fraction of sp³-hybridized carbons (Fsp3) is 0.192. The molecule has 7 heteroatoms. The molecule has 2 atom stereocenters. The predicted molar refractivity (Wildman–Crippen MR) is 123 cm³/mol. The number of benzene rings is 3. The van der Waals surface area contributed by atoms with Crippen LogP contribution in [-0.4, -0.2) is 32.3 Å². The monoisotopic (exact) mass is 444 g/mol. The van der Waals surface area contributed by atoms with Gasteiger partial charge in [0.2, 0.25) is 0 Å². The third kappa shape index (κ3) is 3.66. The summed E-state index contributed by atoms with van der Waals surface area (Å²) in [6, 6.07) is 21.0. The molecule has 2 aliphatic rings. The van der Waals surface area contributed by atoms with E-state index >= 15 is 0 Å². The van der Waals surface area contributed by atoms with Crippen molar-refractivity contribution in [1.29, 1.82) is 0 Å². The van der Waals surface area contributed by atoms with Crippen LogP contribution in [0.2, 0.25) is 0 Å². The van der Waals surface area contributed by atoms with E-state index in [4.69, 9.17) is 18.9 Å². The van der Waals surface area contributed by atoms with Crippen molar-refractivity contribution in [2.75, 3.05) is 21.3 Å². The molecule has 2 aliphatic heterocycles. The number of para-hydroxylation sites is 1. The highest BCUT2D eigenvalue weighted by Gasteiger charge is 2.41. The Morgan fingerprint density at radius 3 is 2.36 bits per heavy atom. The third-order valence-electron chi connectivity index (χ3n) is 5.92. The highest BCUT2D eigenvalue weighted by Crippen LogP contribution is 2.49. The Kier molecular flexibility index (Phi) is 5.40. The van der Waals surface area contributed by atoms with Crippen LogP contribution in [0.5, 0.6) is 17.2 Å². The number of carbonyl (C=O) groups excluding carboxylic acids is 1. The van der Waals surface area contributed by atoms with E-state index in [0.29, 0.717) is 17.1 Å². The standard InChI is InChI=1S/C26H24N2O5/c1-30-19-13-11-16(12-14-19)21-15-22-20-5-4-6-23(31-2)24(20)33-25(28(22)27-21)17-7-9-18(10-8-17)26(29)32-3/h4-15,22,25,27H,1-3H3. The van der Waals surface area contributed by atoms with Gasteiger partial charge in [0.15, 0.2) is 17.7 Å². The van der Waals surface area contributed by atoms with Gasteiger partial charge in [0.1, 0.15) is 5.75 Å². The SMILES string of the molecule is COC(=O)c1ccc(C2Oc3c(OC)cccc3C3C=C(c4ccc(OC)cc4)NN32)cc1. The fourth-order valence-corrected chi connectivity index (χ4v) is 4.21. The highest BCUT2D eigenvalue weighted by atomic mass is 16.5. The van der Waals surface area contributed by atoms with Crippen LogP contribution < -0.4 is 19.6 Å². The van der Waals surface area contributed by atoms with Crippen LogP contribution in [0, 0.1) is 0 Å². The Bertz CT molecular complexity index is 1200. The summed E-state index contributed by atoms with van der Waals surface area (Å²) in [5.41, 5.74) is 7.91. The van der Waals surface area contributed by atoms with E-state index in [9.17, 15) is 4.79 Å². The van der Waals surface area contributed by atoms with Gasteiger partial charge in [0.05, 0.1) is 38.6 Å². The third-order valence-corrected chi connectivity index (χ3v) is 5.92. The second-order valence-corrected chi connectivity index (χ2v) is 7.74. The number of fused-ring (bicyclic) bond motifs is 3. The minimum Gasteiger partial charge on any atom is -0.497 e. The van der Waals surface area contributed by atoms with Crippen molar-refractivity contribution in [3.05, 3.63) is 95.1 Å². The number of methoxy groups -OCH3 is 3. The van der Waals surface area contributed by atoms with Crippen LogP contribution in [0.3, 0.4) is 0 Å². The van der Waals surface area contributed by atoms with Crippen molar-refractivity contribution in [3.8, 4) is 17.2 Å². The number of nitrogens with one attached hydrogen (secondary N) is 1. The Morgan fingerprint density at radius 1 is 0.939 bits per heavy atom. The van der Waals surface area contributed by atoms with Gasteiger partial charge < -0.3 is 24.4 Å². The molecule has 5 rings (SSSR count). The summed E-state index contributed by atoms with van der Waals surface area (Å²) < 4.78 is 22.2. The summed E-state index contributed by atoms with van der Waals surface area (Å²) in [5, 5.41) is 2.06. The van der Waals surface area contributed by atoms with Gasteiger partial charge in [0.25, 0.3) is 0 Å². The first-order valence-corrected chi connectivity index (χ1v) is 10.6. The van der Waals surface area contributed by atoms with Crippen LogP contribution in [-0.2, 0) is 4.74 Å². The van der Waals surface area contributed by atoms with Crippen LogP contribution in [0.15, 0.2) is 72.8 Å². The van der Waals surface area contributed by atoms with Gasteiger partial charge in [-0.15, -0.1) is 0 Å². The van der Waals surface area contributed by atoms with Gasteiger partial charge in [-0.2, -0.15) is 5.01 Å². The van der Waals surface area contributed by atoms with E-state index in [1.165, 1.54) is 7.11 Å². The summed E-state index contributed by atoms with van der Waals surface area (Å²) in [6.07, 6.45) is 1.73. The molecule has 2 heterocycles. The van der Waals surface area contributed by atoms with Crippen LogP contribution >= 0.6 is 0 Å². The van der Waals surface area contributed by atoms with E-state index in [1.807, 2.05) is 54.6 Å². The minimum absolute atomic E-state index is 0.0776. The summed E-state index contributed by atoms with van der Waals surface area (Å²) in [4.78, 5) is 11.9. The van der Waals surface area contributed by atoms with Gasteiger partial charge in [-0.3, -0.25) is 0 Å². The molecule has 0 aliphatic carbocycles. The molecule has 0 saturated heterocycles. The lowest BCUT2D eigenvalue weighted by atomic mass is 10.00. The average Bonchev–Trinajstić information content (AvgIpc) is 3.33. The number of esters is 1. The molecule has 0 radical (unpaired) electrons. The predicted octanol–water partition coefficient (Wildman–Crippen LogP) is 4.48. The van der Waals surface area contributed by atoms with Crippen molar-refractivity contribution < 1.29 is 23.7 Å². The second kappa shape index (κ2) is 8.52. The maximum Gasteiger partial charge on any atom is 0.337 e. The van der Waals surface area contributed by atoms with E-state index in [-0.39, 0.29) is 12.0 Å². The minimum atomic E-state index is -0.447. The lowest BCUT2D eigenvalue weighted by Crippen LogP contribution is -2.43. The number of hydrogen-bond acceptors (Lipinski definition) is 7. The van der Waals surface area contributed by atoms with Gasteiger partial charge in [0, 0.05) is 11.1 Å². The van der Waals surface area contributed by atoms with Crippen molar-refractivity contribution >= 4 is 11.7 Å².